The molecule has 1 aromatic heterocycles. The Bertz CT molecular complexity index is 298. The van der Waals surface area contributed by atoms with Gasteiger partial charge in [0.1, 0.15) is 17.9 Å². The van der Waals surface area contributed by atoms with Crippen LogP contribution in [0.1, 0.15) is 19.2 Å². The zero-order chi connectivity index (χ0) is 10.4. The standard InChI is InChI=1S/C9H15N3OS/c1-3-4-14-6-8(13)5-9-10-7-11-12(9)2/h7H,3-6H2,1-2H3. The first kappa shape index (κ1) is 11.2. The van der Waals surface area contributed by atoms with E-state index in [4.69, 9.17) is 0 Å². The Labute approximate surface area is 88.1 Å². The van der Waals surface area contributed by atoms with Gasteiger partial charge in [-0.15, -0.1) is 0 Å². The highest BCUT2D eigenvalue weighted by Crippen LogP contribution is 2.04. The largest absolute Gasteiger partial charge is 0.298 e. The van der Waals surface area contributed by atoms with Crippen LogP contribution in [0, 0.1) is 0 Å². The van der Waals surface area contributed by atoms with E-state index in [0.717, 1.165) is 18.0 Å². The van der Waals surface area contributed by atoms with Crippen LogP contribution in [0.15, 0.2) is 6.33 Å². The van der Waals surface area contributed by atoms with Crippen molar-refractivity contribution in [3.63, 3.8) is 0 Å². The van der Waals surface area contributed by atoms with Gasteiger partial charge in [-0.05, 0) is 12.2 Å². The van der Waals surface area contributed by atoms with E-state index in [1.807, 2.05) is 0 Å². The Morgan fingerprint density at radius 2 is 2.43 bits per heavy atom. The molecule has 1 heterocycles. The van der Waals surface area contributed by atoms with E-state index in [9.17, 15) is 4.79 Å². The van der Waals surface area contributed by atoms with Crippen molar-refractivity contribution in [3.05, 3.63) is 12.2 Å². The van der Waals surface area contributed by atoms with Crippen LogP contribution < -0.4 is 0 Å². The second kappa shape index (κ2) is 5.80. The lowest BCUT2D eigenvalue weighted by Gasteiger charge is -1.99. The third kappa shape index (κ3) is 3.49. The average Bonchev–Trinajstić information content (AvgIpc) is 2.52. The second-order valence-electron chi connectivity index (χ2n) is 3.07. The lowest BCUT2D eigenvalue weighted by molar-refractivity contribution is -0.116. The van der Waals surface area contributed by atoms with Gasteiger partial charge in [-0.1, -0.05) is 6.92 Å². The number of carbonyl (C=O) groups excluding carboxylic acids is 1. The number of carbonyl (C=O) groups is 1. The Kier molecular flexibility index (Phi) is 4.65. The van der Waals surface area contributed by atoms with Gasteiger partial charge in [0.15, 0.2) is 0 Å². The third-order valence-corrected chi connectivity index (χ3v) is 2.99. The van der Waals surface area contributed by atoms with Crippen molar-refractivity contribution in [2.24, 2.45) is 7.05 Å². The Morgan fingerprint density at radius 3 is 3.00 bits per heavy atom. The molecule has 5 heteroatoms. The maximum atomic E-state index is 11.4. The van der Waals surface area contributed by atoms with Gasteiger partial charge in [0.2, 0.25) is 0 Å². The van der Waals surface area contributed by atoms with Crippen molar-refractivity contribution >= 4 is 17.5 Å². The first-order valence-electron chi connectivity index (χ1n) is 4.66. The number of Topliss-reactive ketones (excluding diaryl/α,β-unsaturated/α-hetero) is 1. The van der Waals surface area contributed by atoms with Crippen molar-refractivity contribution in [3.8, 4) is 0 Å². The van der Waals surface area contributed by atoms with Crippen molar-refractivity contribution in [2.75, 3.05) is 11.5 Å². The van der Waals surface area contributed by atoms with Crippen LogP contribution in [0.25, 0.3) is 0 Å². The molecular weight excluding hydrogens is 198 g/mol. The van der Waals surface area contributed by atoms with Crippen molar-refractivity contribution in [2.45, 2.75) is 19.8 Å². The number of aromatic nitrogens is 3. The Hall–Kier alpha value is -0.840. The van der Waals surface area contributed by atoms with Crippen LogP contribution in [0.4, 0.5) is 0 Å². The minimum Gasteiger partial charge on any atom is -0.298 e. The van der Waals surface area contributed by atoms with Crippen LogP contribution in [0.3, 0.4) is 0 Å². The zero-order valence-electron chi connectivity index (χ0n) is 8.56. The van der Waals surface area contributed by atoms with Gasteiger partial charge in [0.05, 0.1) is 12.2 Å². The van der Waals surface area contributed by atoms with Crippen LogP contribution in [-0.2, 0) is 18.3 Å². The fourth-order valence-electron chi connectivity index (χ4n) is 1.04. The van der Waals surface area contributed by atoms with Gasteiger partial charge in [-0.3, -0.25) is 9.48 Å². The summed E-state index contributed by atoms with van der Waals surface area (Å²) in [6.45, 7) is 2.11. The molecule has 14 heavy (non-hydrogen) atoms. The number of nitrogens with zero attached hydrogens (tertiary/aromatic N) is 3. The third-order valence-electron chi connectivity index (χ3n) is 1.77. The van der Waals surface area contributed by atoms with Gasteiger partial charge in [0.25, 0.3) is 0 Å². The van der Waals surface area contributed by atoms with Gasteiger partial charge in [0, 0.05) is 7.05 Å². The molecule has 0 unspecified atom stereocenters. The smallest absolute Gasteiger partial charge is 0.150 e. The molecule has 78 valence electrons. The summed E-state index contributed by atoms with van der Waals surface area (Å²) in [4.78, 5) is 15.4. The molecule has 0 amide bonds. The van der Waals surface area contributed by atoms with Gasteiger partial charge in [-0.25, -0.2) is 4.98 Å². The molecule has 0 fully saturated rings. The summed E-state index contributed by atoms with van der Waals surface area (Å²) in [5.41, 5.74) is 0. The van der Waals surface area contributed by atoms with E-state index in [0.29, 0.717) is 12.2 Å². The average molecular weight is 213 g/mol. The number of ketones is 1. The highest BCUT2D eigenvalue weighted by Gasteiger charge is 2.07. The van der Waals surface area contributed by atoms with Crippen LogP contribution in [-0.4, -0.2) is 32.1 Å². The van der Waals surface area contributed by atoms with Crippen molar-refractivity contribution in [1.29, 1.82) is 0 Å². The maximum absolute atomic E-state index is 11.4. The maximum Gasteiger partial charge on any atom is 0.150 e. The molecule has 0 radical (unpaired) electrons. The fourth-order valence-corrected chi connectivity index (χ4v) is 1.80. The summed E-state index contributed by atoms with van der Waals surface area (Å²) in [6.07, 6.45) is 2.98. The summed E-state index contributed by atoms with van der Waals surface area (Å²) in [7, 11) is 1.80. The zero-order valence-corrected chi connectivity index (χ0v) is 9.38. The number of thioether (sulfide) groups is 1. The van der Waals surface area contributed by atoms with E-state index in [-0.39, 0.29) is 5.78 Å². The number of hydrogen-bond acceptors (Lipinski definition) is 4. The Morgan fingerprint density at radius 1 is 1.64 bits per heavy atom. The predicted molar refractivity (Wildman–Crippen MR) is 57.3 cm³/mol. The van der Waals surface area contributed by atoms with E-state index in [1.165, 1.54) is 6.33 Å². The first-order valence-corrected chi connectivity index (χ1v) is 5.81. The Balaban J connectivity index is 2.31. The molecule has 0 aliphatic heterocycles. The lowest BCUT2D eigenvalue weighted by Crippen LogP contribution is -2.10. The van der Waals surface area contributed by atoms with Gasteiger partial charge < -0.3 is 0 Å². The normalized spacial score (nSPS) is 10.4. The van der Waals surface area contributed by atoms with E-state index >= 15 is 0 Å². The molecule has 1 aromatic rings. The van der Waals surface area contributed by atoms with E-state index in [1.54, 1.807) is 23.5 Å². The molecule has 0 aromatic carbocycles. The molecule has 0 atom stereocenters. The van der Waals surface area contributed by atoms with E-state index in [2.05, 4.69) is 17.0 Å². The topological polar surface area (TPSA) is 47.8 Å². The molecule has 0 N–H and O–H groups in total. The highest BCUT2D eigenvalue weighted by molar-refractivity contribution is 7.99. The fraction of sp³-hybridized carbons (Fsp3) is 0.667. The lowest BCUT2D eigenvalue weighted by atomic mass is 10.3. The first-order chi connectivity index (χ1) is 6.74. The number of aryl methyl sites for hydroxylation is 1. The van der Waals surface area contributed by atoms with Crippen LogP contribution >= 0.6 is 11.8 Å². The molecule has 0 bridgehead atoms. The molecule has 0 saturated heterocycles. The summed E-state index contributed by atoms with van der Waals surface area (Å²) in [6, 6.07) is 0. The van der Waals surface area contributed by atoms with Crippen LogP contribution in [0.2, 0.25) is 0 Å². The molecule has 0 aliphatic carbocycles. The number of rotatable bonds is 6. The summed E-state index contributed by atoms with van der Waals surface area (Å²) in [5, 5.41) is 3.91. The number of hydrogen-bond donors (Lipinski definition) is 0. The van der Waals surface area contributed by atoms with Crippen LogP contribution in [0.5, 0.6) is 0 Å². The summed E-state index contributed by atoms with van der Waals surface area (Å²) >= 11 is 1.68. The minimum atomic E-state index is 0.222. The monoisotopic (exact) mass is 213 g/mol. The van der Waals surface area contributed by atoms with Gasteiger partial charge >= 0.3 is 0 Å². The predicted octanol–water partition coefficient (Wildman–Crippen LogP) is 1.07. The highest BCUT2D eigenvalue weighted by atomic mass is 32.2. The molecule has 0 saturated carbocycles. The van der Waals surface area contributed by atoms with Crippen molar-refractivity contribution in [1.82, 2.24) is 14.8 Å². The molecule has 0 spiro atoms. The SMILES string of the molecule is CCCSCC(=O)Cc1ncnn1C. The molecule has 4 nitrogen and oxygen atoms in total. The quantitative estimate of drug-likeness (QED) is 0.663. The minimum absolute atomic E-state index is 0.222. The van der Waals surface area contributed by atoms with Gasteiger partial charge in [-0.2, -0.15) is 16.9 Å². The summed E-state index contributed by atoms with van der Waals surface area (Å²) < 4.78 is 1.64. The molecule has 1 rings (SSSR count). The second-order valence-corrected chi connectivity index (χ2v) is 4.17. The van der Waals surface area contributed by atoms with Crippen molar-refractivity contribution < 1.29 is 4.79 Å². The summed E-state index contributed by atoms with van der Waals surface area (Å²) in [5.74, 6) is 2.59. The molecular formula is C9H15N3OS. The van der Waals surface area contributed by atoms with E-state index < -0.39 is 0 Å². The molecule has 0 aliphatic rings.